The van der Waals surface area contributed by atoms with E-state index in [0.29, 0.717) is 0 Å². The van der Waals surface area contributed by atoms with Crippen molar-refractivity contribution in [2.45, 2.75) is 45.1 Å². The largest absolute Gasteiger partial charge is 0.409 e. The Kier molecular flexibility index (Phi) is 5.98. The Balaban J connectivity index is 2.93. The molecule has 0 aromatic carbocycles. The summed E-state index contributed by atoms with van der Waals surface area (Å²) in [7, 11) is 0. The van der Waals surface area contributed by atoms with Gasteiger partial charge in [0.05, 0.1) is 5.56 Å². The van der Waals surface area contributed by atoms with Crippen molar-refractivity contribution in [2.75, 3.05) is 5.75 Å². The van der Waals surface area contributed by atoms with E-state index in [1.54, 1.807) is 11.8 Å². The van der Waals surface area contributed by atoms with E-state index in [1.807, 2.05) is 19.9 Å². The third-order valence-electron chi connectivity index (χ3n) is 2.66. The van der Waals surface area contributed by atoms with Gasteiger partial charge in [-0.15, -0.1) is 11.8 Å². The summed E-state index contributed by atoms with van der Waals surface area (Å²) in [5, 5.41) is 12.8. The number of hydrogen-bond acceptors (Lipinski definition) is 4. The maximum atomic E-state index is 8.84. The molecule has 1 heterocycles. The van der Waals surface area contributed by atoms with Crippen molar-refractivity contribution < 1.29 is 5.21 Å². The first-order valence-electron chi connectivity index (χ1n) is 6.19. The molecular formula is C13H21N3OS. The molecule has 4 nitrogen and oxygen atoms in total. The third-order valence-corrected chi connectivity index (χ3v) is 3.72. The zero-order valence-electron chi connectivity index (χ0n) is 11.2. The molecule has 0 spiro atoms. The standard InChI is InChI=1S/C13H21N3OS/c1-4-5-6-7-18-13-11(12(14)16-17)9(2)8-10(3)15-13/h8,17H,4-7H2,1-3H3,(H2,14,16). The molecule has 0 aliphatic heterocycles. The summed E-state index contributed by atoms with van der Waals surface area (Å²) in [4.78, 5) is 4.49. The monoisotopic (exact) mass is 267 g/mol. The number of aromatic nitrogens is 1. The molecule has 1 aromatic rings. The van der Waals surface area contributed by atoms with Gasteiger partial charge in [0.1, 0.15) is 5.03 Å². The minimum absolute atomic E-state index is 0.137. The van der Waals surface area contributed by atoms with Crippen molar-refractivity contribution in [1.29, 1.82) is 0 Å². The molecule has 0 fully saturated rings. The number of amidine groups is 1. The fraction of sp³-hybridized carbons (Fsp3) is 0.538. The lowest BCUT2D eigenvalue weighted by molar-refractivity contribution is 0.318. The Bertz CT molecular complexity index is 432. The van der Waals surface area contributed by atoms with E-state index >= 15 is 0 Å². The number of pyridine rings is 1. The quantitative estimate of drug-likeness (QED) is 0.207. The Hall–Kier alpha value is -1.23. The van der Waals surface area contributed by atoms with Gasteiger partial charge in [0.2, 0.25) is 0 Å². The minimum Gasteiger partial charge on any atom is -0.409 e. The van der Waals surface area contributed by atoms with Crippen LogP contribution in [0.5, 0.6) is 0 Å². The Morgan fingerprint density at radius 3 is 2.78 bits per heavy atom. The average Bonchev–Trinajstić information content (AvgIpc) is 2.33. The van der Waals surface area contributed by atoms with E-state index in [0.717, 1.165) is 34.0 Å². The van der Waals surface area contributed by atoms with E-state index in [4.69, 9.17) is 10.9 Å². The van der Waals surface area contributed by atoms with Gasteiger partial charge >= 0.3 is 0 Å². The van der Waals surface area contributed by atoms with E-state index in [1.165, 1.54) is 12.8 Å². The molecule has 0 unspecified atom stereocenters. The number of unbranched alkanes of at least 4 members (excludes halogenated alkanes) is 2. The Labute approximate surface area is 113 Å². The van der Waals surface area contributed by atoms with Crippen LogP contribution in [-0.4, -0.2) is 21.8 Å². The molecule has 0 saturated carbocycles. The molecule has 0 aliphatic carbocycles. The number of rotatable bonds is 6. The summed E-state index contributed by atoms with van der Waals surface area (Å²) in [5.41, 5.74) is 8.43. The van der Waals surface area contributed by atoms with Gasteiger partial charge in [-0.05, 0) is 37.7 Å². The van der Waals surface area contributed by atoms with Gasteiger partial charge in [0, 0.05) is 5.69 Å². The van der Waals surface area contributed by atoms with Gasteiger partial charge in [-0.25, -0.2) is 4.98 Å². The van der Waals surface area contributed by atoms with Crippen LogP contribution in [0.4, 0.5) is 0 Å². The van der Waals surface area contributed by atoms with Crippen molar-refractivity contribution in [3.63, 3.8) is 0 Å². The van der Waals surface area contributed by atoms with Crippen molar-refractivity contribution in [1.82, 2.24) is 4.98 Å². The highest BCUT2D eigenvalue weighted by Crippen LogP contribution is 2.25. The maximum Gasteiger partial charge on any atom is 0.173 e. The van der Waals surface area contributed by atoms with E-state index in [9.17, 15) is 0 Å². The van der Waals surface area contributed by atoms with E-state index in [-0.39, 0.29) is 5.84 Å². The number of thioether (sulfide) groups is 1. The summed E-state index contributed by atoms with van der Waals surface area (Å²) >= 11 is 1.68. The number of aryl methyl sites for hydroxylation is 2. The average molecular weight is 267 g/mol. The minimum atomic E-state index is 0.137. The zero-order valence-corrected chi connectivity index (χ0v) is 12.0. The molecule has 0 radical (unpaired) electrons. The molecule has 1 rings (SSSR count). The van der Waals surface area contributed by atoms with Crippen molar-refractivity contribution in [3.05, 3.63) is 22.9 Å². The normalized spacial score (nSPS) is 11.8. The molecule has 0 bridgehead atoms. The number of nitrogens with zero attached hydrogens (tertiary/aromatic N) is 2. The fourth-order valence-electron chi connectivity index (χ4n) is 1.79. The van der Waals surface area contributed by atoms with Crippen LogP contribution in [0.1, 0.15) is 43.0 Å². The first-order valence-corrected chi connectivity index (χ1v) is 7.17. The highest BCUT2D eigenvalue weighted by atomic mass is 32.2. The predicted molar refractivity (Wildman–Crippen MR) is 76.5 cm³/mol. The summed E-state index contributed by atoms with van der Waals surface area (Å²) in [5.74, 6) is 1.15. The van der Waals surface area contributed by atoms with Crippen molar-refractivity contribution in [3.8, 4) is 0 Å². The SMILES string of the molecule is CCCCCSc1nc(C)cc(C)c1/C(N)=N/O. The van der Waals surface area contributed by atoms with Gasteiger partial charge < -0.3 is 10.9 Å². The van der Waals surface area contributed by atoms with E-state index in [2.05, 4.69) is 17.1 Å². The third kappa shape index (κ3) is 3.91. The highest BCUT2D eigenvalue weighted by molar-refractivity contribution is 7.99. The zero-order chi connectivity index (χ0) is 13.5. The molecule has 0 amide bonds. The number of nitrogens with two attached hydrogens (primary N) is 1. The predicted octanol–water partition coefficient (Wildman–Crippen LogP) is 3.08. The molecule has 0 aliphatic rings. The fourth-order valence-corrected chi connectivity index (χ4v) is 2.95. The molecule has 100 valence electrons. The molecule has 3 N–H and O–H groups in total. The Morgan fingerprint density at radius 1 is 1.44 bits per heavy atom. The lowest BCUT2D eigenvalue weighted by atomic mass is 10.1. The van der Waals surface area contributed by atoms with Crippen LogP contribution in [0, 0.1) is 13.8 Å². The summed E-state index contributed by atoms with van der Waals surface area (Å²) in [6.45, 7) is 6.10. The summed E-state index contributed by atoms with van der Waals surface area (Å²) in [6, 6.07) is 1.95. The summed E-state index contributed by atoms with van der Waals surface area (Å²) < 4.78 is 0. The van der Waals surface area contributed by atoms with Crippen LogP contribution in [0.2, 0.25) is 0 Å². The molecular weight excluding hydrogens is 246 g/mol. The van der Waals surface area contributed by atoms with Crippen LogP contribution >= 0.6 is 11.8 Å². The summed E-state index contributed by atoms with van der Waals surface area (Å²) in [6.07, 6.45) is 3.58. The van der Waals surface area contributed by atoms with Gasteiger partial charge in [-0.3, -0.25) is 0 Å². The first-order chi connectivity index (χ1) is 8.60. The molecule has 5 heteroatoms. The first kappa shape index (κ1) is 14.8. The Morgan fingerprint density at radius 2 is 2.17 bits per heavy atom. The van der Waals surface area contributed by atoms with Crippen molar-refractivity contribution in [2.24, 2.45) is 10.9 Å². The second kappa shape index (κ2) is 7.26. The van der Waals surface area contributed by atoms with Crippen LogP contribution in [0.3, 0.4) is 0 Å². The van der Waals surface area contributed by atoms with Crippen molar-refractivity contribution >= 4 is 17.6 Å². The lowest BCUT2D eigenvalue weighted by Crippen LogP contribution is -2.17. The second-order valence-electron chi connectivity index (χ2n) is 4.30. The van der Waals surface area contributed by atoms with Gasteiger partial charge in [-0.1, -0.05) is 24.9 Å². The van der Waals surface area contributed by atoms with Crippen LogP contribution in [0.25, 0.3) is 0 Å². The molecule has 18 heavy (non-hydrogen) atoms. The lowest BCUT2D eigenvalue weighted by Gasteiger charge is -2.11. The van der Waals surface area contributed by atoms with Gasteiger partial charge in [0.25, 0.3) is 0 Å². The van der Waals surface area contributed by atoms with E-state index < -0.39 is 0 Å². The second-order valence-corrected chi connectivity index (χ2v) is 5.39. The van der Waals surface area contributed by atoms with Crippen LogP contribution < -0.4 is 5.73 Å². The van der Waals surface area contributed by atoms with Crippen LogP contribution in [-0.2, 0) is 0 Å². The molecule has 0 atom stereocenters. The smallest absolute Gasteiger partial charge is 0.173 e. The molecule has 1 aromatic heterocycles. The molecule has 0 saturated heterocycles. The maximum absolute atomic E-state index is 8.84. The van der Waals surface area contributed by atoms with Crippen LogP contribution in [0.15, 0.2) is 16.2 Å². The highest BCUT2D eigenvalue weighted by Gasteiger charge is 2.13. The topological polar surface area (TPSA) is 71.5 Å². The van der Waals surface area contributed by atoms with Gasteiger partial charge in [-0.2, -0.15) is 0 Å². The van der Waals surface area contributed by atoms with Gasteiger partial charge in [0.15, 0.2) is 5.84 Å². The number of oxime groups is 1. The number of hydrogen-bond donors (Lipinski definition) is 2.